The average molecular weight is 409 g/mol. The second kappa shape index (κ2) is 9.43. The molecular formula is C23H27N3O4. The Balaban J connectivity index is 1.66. The van der Waals surface area contributed by atoms with Crippen LogP contribution in [0.2, 0.25) is 0 Å². The van der Waals surface area contributed by atoms with Crippen molar-refractivity contribution in [1.82, 2.24) is 15.0 Å². The van der Waals surface area contributed by atoms with Crippen LogP contribution in [0.5, 0.6) is 11.5 Å². The minimum atomic E-state index is -0.583. The Morgan fingerprint density at radius 1 is 1.17 bits per heavy atom. The van der Waals surface area contributed by atoms with E-state index in [1.165, 1.54) is 0 Å². The minimum absolute atomic E-state index is 0.137. The first-order valence-electron chi connectivity index (χ1n) is 9.87. The fourth-order valence-corrected chi connectivity index (χ4v) is 3.10. The Morgan fingerprint density at radius 2 is 1.90 bits per heavy atom. The minimum Gasteiger partial charge on any atom is -0.497 e. The van der Waals surface area contributed by atoms with Crippen LogP contribution in [0.1, 0.15) is 30.4 Å². The SMILES string of the molecule is CC[C@@H](Oc1ccc(C)cc1C)C(=O)N(C)Cc1nc(-c2ccc(OC)cc2)no1. The van der Waals surface area contributed by atoms with Gasteiger partial charge in [-0.05, 0) is 56.2 Å². The molecule has 30 heavy (non-hydrogen) atoms. The molecule has 1 amide bonds. The Bertz CT molecular complexity index is 998. The second-order valence-corrected chi connectivity index (χ2v) is 7.22. The maximum Gasteiger partial charge on any atom is 0.263 e. The lowest BCUT2D eigenvalue weighted by molar-refractivity contribution is -0.138. The van der Waals surface area contributed by atoms with Crippen molar-refractivity contribution >= 4 is 5.91 Å². The van der Waals surface area contributed by atoms with Crippen LogP contribution in [-0.4, -0.2) is 41.2 Å². The van der Waals surface area contributed by atoms with Crippen molar-refractivity contribution in [2.45, 2.75) is 39.8 Å². The summed E-state index contributed by atoms with van der Waals surface area (Å²) in [6.07, 6.45) is -0.0300. The number of methoxy groups -OCH3 is 1. The number of amides is 1. The number of ether oxygens (including phenoxy) is 2. The van der Waals surface area contributed by atoms with Crippen LogP contribution in [0.15, 0.2) is 47.0 Å². The Morgan fingerprint density at radius 3 is 2.53 bits per heavy atom. The van der Waals surface area contributed by atoms with E-state index in [1.54, 1.807) is 19.1 Å². The van der Waals surface area contributed by atoms with E-state index in [9.17, 15) is 4.79 Å². The van der Waals surface area contributed by atoms with Gasteiger partial charge in [-0.1, -0.05) is 29.8 Å². The predicted octanol–water partition coefficient (Wildman–Crippen LogP) is 4.18. The van der Waals surface area contributed by atoms with Gasteiger partial charge in [0.15, 0.2) is 6.10 Å². The molecule has 0 aliphatic heterocycles. The van der Waals surface area contributed by atoms with Gasteiger partial charge in [0.25, 0.3) is 5.91 Å². The molecule has 0 radical (unpaired) electrons. The van der Waals surface area contributed by atoms with Crippen LogP contribution in [0.25, 0.3) is 11.4 Å². The van der Waals surface area contributed by atoms with Gasteiger partial charge in [0.05, 0.1) is 13.7 Å². The monoisotopic (exact) mass is 409 g/mol. The van der Waals surface area contributed by atoms with Gasteiger partial charge in [0.2, 0.25) is 11.7 Å². The van der Waals surface area contributed by atoms with Crippen molar-refractivity contribution in [3.8, 4) is 22.9 Å². The molecule has 1 heterocycles. The van der Waals surface area contributed by atoms with Gasteiger partial charge in [-0.25, -0.2) is 0 Å². The summed E-state index contributed by atoms with van der Waals surface area (Å²) in [5.41, 5.74) is 2.97. The molecule has 0 unspecified atom stereocenters. The van der Waals surface area contributed by atoms with Crippen LogP contribution in [-0.2, 0) is 11.3 Å². The summed E-state index contributed by atoms with van der Waals surface area (Å²) >= 11 is 0. The summed E-state index contributed by atoms with van der Waals surface area (Å²) in [5.74, 6) is 2.16. The van der Waals surface area contributed by atoms with E-state index in [-0.39, 0.29) is 12.5 Å². The Labute approximate surface area is 176 Å². The highest BCUT2D eigenvalue weighted by Crippen LogP contribution is 2.22. The highest BCUT2D eigenvalue weighted by molar-refractivity contribution is 5.81. The van der Waals surface area contributed by atoms with E-state index in [0.29, 0.717) is 23.9 Å². The van der Waals surface area contributed by atoms with Crippen LogP contribution >= 0.6 is 0 Å². The molecule has 7 heteroatoms. The molecule has 7 nitrogen and oxygen atoms in total. The zero-order valence-corrected chi connectivity index (χ0v) is 18.0. The van der Waals surface area contributed by atoms with Gasteiger partial charge in [0.1, 0.15) is 11.5 Å². The van der Waals surface area contributed by atoms with E-state index in [1.807, 2.05) is 63.2 Å². The number of carbonyl (C=O) groups is 1. The number of carbonyl (C=O) groups excluding carboxylic acids is 1. The van der Waals surface area contributed by atoms with Crippen molar-refractivity contribution in [3.63, 3.8) is 0 Å². The van der Waals surface area contributed by atoms with E-state index < -0.39 is 6.10 Å². The highest BCUT2D eigenvalue weighted by Gasteiger charge is 2.24. The maximum atomic E-state index is 12.9. The predicted molar refractivity (Wildman–Crippen MR) is 113 cm³/mol. The molecule has 3 aromatic rings. The summed E-state index contributed by atoms with van der Waals surface area (Å²) < 4.78 is 16.5. The molecule has 1 aromatic heterocycles. The van der Waals surface area contributed by atoms with E-state index in [2.05, 4.69) is 10.1 Å². The lowest BCUT2D eigenvalue weighted by Crippen LogP contribution is -2.39. The first kappa shape index (κ1) is 21.4. The molecule has 0 fully saturated rings. The standard InChI is InChI=1S/C23H27N3O4/c1-6-19(29-20-12-7-15(2)13-16(20)3)23(27)26(4)14-21-24-22(25-30-21)17-8-10-18(28-5)11-9-17/h7-13,19H,6,14H2,1-5H3/t19-/m1/s1. The van der Waals surface area contributed by atoms with E-state index >= 15 is 0 Å². The van der Waals surface area contributed by atoms with Crippen LogP contribution in [0, 0.1) is 13.8 Å². The molecular weight excluding hydrogens is 382 g/mol. The number of hydrogen-bond acceptors (Lipinski definition) is 6. The van der Waals surface area contributed by atoms with Crippen LogP contribution in [0.3, 0.4) is 0 Å². The van der Waals surface area contributed by atoms with Crippen molar-refractivity contribution in [1.29, 1.82) is 0 Å². The molecule has 0 bridgehead atoms. The largest absolute Gasteiger partial charge is 0.497 e. The Hall–Kier alpha value is -3.35. The number of benzene rings is 2. The molecule has 0 aliphatic carbocycles. The first-order chi connectivity index (χ1) is 14.4. The topological polar surface area (TPSA) is 77.7 Å². The molecule has 0 aliphatic rings. The normalized spacial score (nSPS) is 11.8. The molecule has 0 spiro atoms. The lowest BCUT2D eigenvalue weighted by Gasteiger charge is -2.23. The van der Waals surface area contributed by atoms with Crippen molar-refractivity contribution in [3.05, 3.63) is 59.5 Å². The molecule has 3 rings (SSSR count). The Kier molecular flexibility index (Phi) is 6.72. The number of aryl methyl sites for hydroxylation is 2. The van der Waals surface area contributed by atoms with E-state index in [4.69, 9.17) is 14.0 Å². The van der Waals surface area contributed by atoms with Gasteiger partial charge >= 0.3 is 0 Å². The molecule has 1 atom stereocenters. The summed E-state index contributed by atoms with van der Waals surface area (Å²) in [4.78, 5) is 18.8. The summed E-state index contributed by atoms with van der Waals surface area (Å²) in [6, 6.07) is 13.3. The second-order valence-electron chi connectivity index (χ2n) is 7.22. The zero-order valence-electron chi connectivity index (χ0n) is 18.0. The fraction of sp³-hybridized carbons (Fsp3) is 0.348. The molecule has 158 valence electrons. The summed E-state index contributed by atoms with van der Waals surface area (Å²) in [5, 5.41) is 4.01. The maximum absolute atomic E-state index is 12.9. The highest BCUT2D eigenvalue weighted by atomic mass is 16.5. The average Bonchev–Trinajstić information content (AvgIpc) is 3.21. The molecule has 0 N–H and O–H groups in total. The number of aromatic nitrogens is 2. The number of hydrogen-bond donors (Lipinski definition) is 0. The fourth-order valence-electron chi connectivity index (χ4n) is 3.10. The number of nitrogens with zero attached hydrogens (tertiary/aromatic N) is 3. The lowest BCUT2D eigenvalue weighted by atomic mass is 10.1. The van der Waals surface area contributed by atoms with Crippen LogP contribution in [0.4, 0.5) is 0 Å². The first-order valence-corrected chi connectivity index (χ1v) is 9.87. The van der Waals surface area contributed by atoms with Gasteiger partial charge in [-0.15, -0.1) is 0 Å². The summed E-state index contributed by atoms with van der Waals surface area (Å²) in [7, 11) is 3.31. The molecule has 0 saturated carbocycles. The third-order valence-corrected chi connectivity index (χ3v) is 4.81. The third kappa shape index (κ3) is 4.97. The van der Waals surface area contributed by atoms with Crippen molar-refractivity contribution < 1.29 is 18.8 Å². The van der Waals surface area contributed by atoms with Gasteiger partial charge < -0.3 is 18.9 Å². The number of rotatable bonds is 8. The molecule has 2 aromatic carbocycles. The summed E-state index contributed by atoms with van der Waals surface area (Å²) in [6.45, 7) is 6.13. The van der Waals surface area contributed by atoms with Gasteiger partial charge in [-0.3, -0.25) is 4.79 Å². The number of likely N-dealkylation sites (N-methyl/N-ethyl adjacent to an activating group) is 1. The smallest absolute Gasteiger partial charge is 0.263 e. The van der Waals surface area contributed by atoms with Gasteiger partial charge in [0, 0.05) is 12.6 Å². The zero-order chi connectivity index (χ0) is 21.7. The van der Waals surface area contributed by atoms with Gasteiger partial charge in [-0.2, -0.15) is 4.98 Å². The third-order valence-electron chi connectivity index (χ3n) is 4.81. The molecule has 0 saturated heterocycles. The van der Waals surface area contributed by atoms with Crippen molar-refractivity contribution in [2.75, 3.05) is 14.2 Å². The van der Waals surface area contributed by atoms with Crippen molar-refractivity contribution in [2.24, 2.45) is 0 Å². The van der Waals surface area contributed by atoms with E-state index in [0.717, 1.165) is 22.4 Å². The quantitative estimate of drug-likeness (QED) is 0.555. The van der Waals surface area contributed by atoms with Crippen LogP contribution < -0.4 is 9.47 Å².